The number of carbonyl (C=O) groups excluding carboxylic acids is 1. The summed E-state index contributed by atoms with van der Waals surface area (Å²) in [5, 5.41) is 0.676. The summed E-state index contributed by atoms with van der Waals surface area (Å²) in [6, 6.07) is 11.8. The summed E-state index contributed by atoms with van der Waals surface area (Å²) in [6.07, 6.45) is 3.98. The van der Waals surface area contributed by atoms with Crippen LogP contribution in [-0.2, 0) is 17.8 Å². The van der Waals surface area contributed by atoms with E-state index in [2.05, 4.69) is 11.9 Å². The quantitative estimate of drug-likeness (QED) is 0.695. The summed E-state index contributed by atoms with van der Waals surface area (Å²) < 4.78 is 1.65. The fourth-order valence-electron chi connectivity index (χ4n) is 3.51. The zero-order chi connectivity index (χ0) is 18.1. The average Bonchev–Trinajstić information content (AvgIpc) is 3.21. The fourth-order valence-corrected chi connectivity index (χ4v) is 4.60. The van der Waals surface area contributed by atoms with E-state index >= 15 is 0 Å². The highest BCUT2D eigenvalue weighted by atomic mass is 32.1. The van der Waals surface area contributed by atoms with E-state index in [1.807, 2.05) is 41.3 Å². The van der Waals surface area contributed by atoms with Gasteiger partial charge in [-0.25, -0.2) is 4.98 Å². The van der Waals surface area contributed by atoms with E-state index in [0.717, 1.165) is 23.2 Å². The number of amides is 1. The summed E-state index contributed by atoms with van der Waals surface area (Å²) in [5.41, 5.74) is 1.07. The van der Waals surface area contributed by atoms with Crippen LogP contribution in [0.3, 0.4) is 0 Å². The smallest absolute Gasteiger partial charge is 0.262 e. The lowest BCUT2D eigenvalue weighted by molar-refractivity contribution is -0.128. The van der Waals surface area contributed by atoms with E-state index < -0.39 is 0 Å². The Morgan fingerprint density at radius 2 is 2.04 bits per heavy atom. The first-order chi connectivity index (χ1) is 12.7. The number of aromatic nitrogens is 2. The van der Waals surface area contributed by atoms with Crippen LogP contribution in [0, 0.1) is 0 Å². The van der Waals surface area contributed by atoms with Crippen molar-refractivity contribution < 1.29 is 4.79 Å². The van der Waals surface area contributed by atoms with Crippen molar-refractivity contribution in [3.05, 3.63) is 63.5 Å². The maximum absolute atomic E-state index is 12.9. The highest BCUT2D eigenvalue weighted by Crippen LogP contribution is 2.26. The minimum Gasteiger partial charge on any atom is -0.336 e. The van der Waals surface area contributed by atoms with Gasteiger partial charge in [-0.05, 0) is 18.1 Å². The van der Waals surface area contributed by atoms with Gasteiger partial charge < -0.3 is 4.90 Å². The first-order valence-corrected chi connectivity index (χ1v) is 9.78. The number of hydrogen-bond acceptors (Lipinski definition) is 4. The number of rotatable bonds is 5. The third kappa shape index (κ3) is 3.17. The zero-order valence-electron chi connectivity index (χ0n) is 14.7. The van der Waals surface area contributed by atoms with Crippen LogP contribution in [0.1, 0.15) is 36.2 Å². The topological polar surface area (TPSA) is 55.2 Å². The molecule has 0 bridgehead atoms. The molecule has 1 unspecified atom stereocenters. The molecule has 0 spiro atoms. The molecule has 0 N–H and O–H groups in total. The third-order valence-corrected chi connectivity index (χ3v) is 5.93. The molecule has 1 atom stereocenters. The molecule has 0 saturated carbocycles. The zero-order valence-corrected chi connectivity index (χ0v) is 15.5. The highest BCUT2D eigenvalue weighted by Gasteiger charge is 2.31. The van der Waals surface area contributed by atoms with Crippen LogP contribution >= 0.6 is 11.3 Å². The largest absolute Gasteiger partial charge is 0.336 e. The second-order valence-electron chi connectivity index (χ2n) is 6.76. The lowest BCUT2D eigenvalue weighted by atomic mass is 10.2. The Kier molecular flexibility index (Phi) is 4.59. The number of fused-ring (bicyclic) bond motifs is 1. The Balaban J connectivity index is 1.59. The Labute approximate surface area is 155 Å². The average molecular weight is 367 g/mol. The molecule has 1 fully saturated rings. The molecule has 1 aromatic carbocycles. The van der Waals surface area contributed by atoms with E-state index in [4.69, 9.17) is 0 Å². The number of hydrogen-bond donors (Lipinski definition) is 0. The van der Waals surface area contributed by atoms with Crippen LogP contribution in [-0.4, -0.2) is 26.9 Å². The predicted octanol–water partition coefficient (Wildman–Crippen LogP) is 3.38. The van der Waals surface area contributed by atoms with Crippen molar-refractivity contribution in [3.63, 3.8) is 0 Å². The monoisotopic (exact) mass is 367 g/mol. The molecule has 1 saturated heterocycles. The molecule has 134 valence electrons. The molecule has 2 aromatic heterocycles. The molecule has 6 heteroatoms. The molecule has 26 heavy (non-hydrogen) atoms. The van der Waals surface area contributed by atoms with Gasteiger partial charge in [0.15, 0.2) is 0 Å². The maximum Gasteiger partial charge on any atom is 0.262 e. The lowest BCUT2D eigenvalue weighted by Gasteiger charge is -2.17. The van der Waals surface area contributed by atoms with E-state index in [-0.39, 0.29) is 17.5 Å². The number of thiophene rings is 1. The van der Waals surface area contributed by atoms with Crippen LogP contribution in [0.25, 0.3) is 10.2 Å². The SMILES string of the molecule is CCCc1cc2c(=O)n(C3CC(=O)N(Cc4ccccc4)C3)cnc2s1. The molecule has 0 radical (unpaired) electrons. The summed E-state index contributed by atoms with van der Waals surface area (Å²) in [4.78, 5) is 33.6. The molecule has 1 aliphatic rings. The number of aryl methyl sites for hydroxylation is 1. The normalized spacial score (nSPS) is 17.3. The van der Waals surface area contributed by atoms with Gasteiger partial charge in [0.2, 0.25) is 5.91 Å². The van der Waals surface area contributed by atoms with Crippen molar-refractivity contribution in [1.29, 1.82) is 0 Å². The van der Waals surface area contributed by atoms with E-state index in [1.54, 1.807) is 22.2 Å². The van der Waals surface area contributed by atoms with Crippen LogP contribution in [0.15, 0.2) is 47.5 Å². The van der Waals surface area contributed by atoms with Gasteiger partial charge >= 0.3 is 0 Å². The van der Waals surface area contributed by atoms with Gasteiger partial charge in [-0.2, -0.15) is 0 Å². The van der Waals surface area contributed by atoms with E-state index in [9.17, 15) is 9.59 Å². The first kappa shape index (κ1) is 17.0. The molecule has 0 aliphatic carbocycles. The van der Waals surface area contributed by atoms with Gasteiger partial charge in [0.05, 0.1) is 17.8 Å². The molecule has 3 aromatic rings. The lowest BCUT2D eigenvalue weighted by Crippen LogP contribution is -2.28. The fraction of sp³-hybridized carbons (Fsp3) is 0.350. The molecular formula is C20H21N3O2S. The molecular weight excluding hydrogens is 346 g/mol. The number of carbonyl (C=O) groups is 1. The summed E-state index contributed by atoms with van der Waals surface area (Å²) in [7, 11) is 0. The first-order valence-electron chi connectivity index (χ1n) is 8.97. The van der Waals surface area contributed by atoms with Crippen LogP contribution in [0.5, 0.6) is 0 Å². The van der Waals surface area contributed by atoms with Gasteiger partial charge in [-0.1, -0.05) is 43.7 Å². The van der Waals surface area contributed by atoms with Crippen LogP contribution in [0.4, 0.5) is 0 Å². The maximum atomic E-state index is 12.9. The van der Waals surface area contributed by atoms with Crippen molar-refractivity contribution in [2.75, 3.05) is 6.54 Å². The molecule has 1 aliphatic heterocycles. The Bertz CT molecular complexity index is 993. The van der Waals surface area contributed by atoms with Gasteiger partial charge in [-0.15, -0.1) is 11.3 Å². The summed E-state index contributed by atoms with van der Waals surface area (Å²) in [5.74, 6) is 0.0860. The van der Waals surface area contributed by atoms with E-state index in [1.165, 1.54) is 4.88 Å². The minimum atomic E-state index is -0.148. The second-order valence-corrected chi connectivity index (χ2v) is 7.87. The number of likely N-dealkylation sites (tertiary alicyclic amines) is 1. The highest BCUT2D eigenvalue weighted by molar-refractivity contribution is 7.18. The van der Waals surface area contributed by atoms with Crippen LogP contribution in [0.2, 0.25) is 0 Å². The van der Waals surface area contributed by atoms with Gasteiger partial charge in [-0.3, -0.25) is 14.2 Å². The Morgan fingerprint density at radius 1 is 1.23 bits per heavy atom. The van der Waals surface area contributed by atoms with Gasteiger partial charge in [0, 0.05) is 24.4 Å². The predicted molar refractivity (Wildman–Crippen MR) is 103 cm³/mol. The van der Waals surface area contributed by atoms with Crippen LogP contribution < -0.4 is 5.56 Å². The second kappa shape index (κ2) is 7.03. The van der Waals surface area contributed by atoms with Crippen molar-refractivity contribution in [3.8, 4) is 0 Å². The standard InChI is InChI=1S/C20H21N3O2S/c1-2-6-16-10-17-19(26-16)21-13-23(20(17)25)15-9-18(24)22(12-15)11-14-7-4-3-5-8-14/h3-5,7-8,10,13,15H,2,6,9,11-12H2,1H3. The number of nitrogens with zero attached hydrogens (tertiary/aromatic N) is 3. The Morgan fingerprint density at radius 3 is 2.81 bits per heavy atom. The van der Waals surface area contributed by atoms with Crippen molar-refractivity contribution in [2.45, 2.75) is 38.8 Å². The summed E-state index contributed by atoms with van der Waals surface area (Å²) >= 11 is 1.59. The molecule has 3 heterocycles. The van der Waals surface area contributed by atoms with Gasteiger partial charge in [0.25, 0.3) is 5.56 Å². The van der Waals surface area contributed by atoms with E-state index in [0.29, 0.717) is 24.9 Å². The minimum absolute atomic E-state index is 0.0343. The Hall–Kier alpha value is -2.47. The number of benzene rings is 1. The molecule has 4 rings (SSSR count). The molecule has 1 amide bonds. The third-order valence-electron chi connectivity index (χ3n) is 4.83. The van der Waals surface area contributed by atoms with Gasteiger partial charge in [0.1, 0.15) is 4.83 Å². The van der Waals surface area contributed by atoms with Crippen molar-refractivity contribution in [1.82, 2.24) is 14.5 Å². The van der Waals surface area contributed by atoms with Crippen molar-refractivity contribution >= 4 is 27.5 Å². The molecule has 5 nitrogen and oxygen atoms in total. The van der Waals surface area contributed by atoms with Crippen molar-refractivity contribution in [2.24, 2.45) is 0 Å². The summed E-state index contributed by atoms with van der Waals surface area (Å²) in [6.45, 7) is 3.26.